The van der Waals surface area contributed by atoms with Crippen LogP contribution in [-0.2, 0) is 9.09 Å². The zero-order valence-corrected chi connectivity index (χ0v) is 12.7. The monoisotopic (exact) mass is 276 g/mol. The van der Waals surface area contributed by atoms with E-state index < -0.39 is 7.60 Å². The Morgan fingerprint density at radius 1 is 0.944 bits per heavy atom. The molecule has 0 bridgehead atoms. The second kappa shape index (κ2) is 9.12. The number of hydrogen-bond donors (Lipinski definition) is 1. The second-order valence-electron chi connectivity index (χ2n) is 5.40. The summed E-state index contributed by atoms with van der Waals surface area (Å²) in [4.78, 5) is 9.98. The summed E-state index contributed by atoms with van der Waals surface area (Å²) in [6, 6.07) is 0. The fourth-order valence-corrected chi connectivity index (χ4v) is 4.36. The summed E-state index contributed by atoms with van der Waals surface area (Å²) in [6.45, 7) is 2.13. The van der Waals surface area contributed by atoms with Gasteiger partial charge in [-0.1, -0.05) is 57.8 Å². The Bertz CT molecular complexity index is 243. The van der Waals surface area contributed by atoms with Gasteiger partial charge in [-0.05, 0) is 19.8 Å². The molecular formula is C14H29O3P. The summed E-state index contributed by atoms with van der Waals surface area (Å²) in [6.07, 6.45) is 12.8. The Kier molecular flexibility index (Phi) is 8.21. The van der Waals surface area contributed by atoms with E-state index in [9.17, 15) is 9.46 Å². The van der Waals surface area contributed by atoms with Crippen molar-refractivity contribution in [2.45, 2.75) is 83.2 Å². The van der Waals surface area contributed by atoms with Crippen molar-refractivity contribution >= 4 is 7.60 Å². The van der Waals surface area contributed by atoms with Gasteiger partial charge in [0, 0.05) is 0 Å². The minimum absolute atomic E-state index is 0.128. The second-order valence-corrected chi connectivity index (χ2v) is 7.51. The summed E-state index contributed by atoms with van der Waals surface area (Å²) in [5.74, 6) is 0. The van der Waals surface area contributed by atoms with Gasteiger partial charge in [0.25, 0.3) is 0 Å². The molecule has 18 heavy (non-hydrogen) atoms. The van der Waals surface area contributed by atoms with Crippen molar-refractivity contribution in [2.75, 3.05) is 6.61 Å². The van der Waals surface area contributed by atoms with Gasteiger partial charge in [-0.3, -0.25) is 4.57 Å². The lowest BCUT2D eigenvalue weighted by Gasteiger charge is -2.22. The van der Waals surface area contributed by atoms with E-state index >= 15 is 0 Å². The highest BCUT2D eigenvalue weighted by molar-refractivity contribution is 7.53. The van der Waals surface area contributed by atoms with Gasteiger partial charge in [0.2, 0.25) is 0 Å². The van der Waals surface area contributed by atoms with Crippen LogP contribution >= 0.6 is 7.60 Å². The molecule has 0 amide bonds. The Labute approximate surface area is 112 Å². The first kappa shape index (κ1) is 16.2. The SMILES string of the molecule is CCOP(=O)(O)C1CCCCCCCCCCC1. The number of hydrogen-bond acceptors (Lipinski definition) is 2. The Morgan fingerprint density at radius 3 is 1.72 bits per heavy atom. The molecule has 0 radical (unpaired) electrons. The molecule has 1 fully saturated rings. The van der Waals surface area contributed by atoms with E-state index in [-0.39, 0.29) is 5.66 Å². The molecule has 4 heteroatoms. The highest BCUT2D eigenvalue weighted by Crippen LogP contribution is 2.51. The first-order valence-electron chi connectivity index (χ1n) is 7.64. The number of rotatable bonds is 3. The first-order chi connectivity index (χ1) is 8.67. The molecule has 0 aromatic heterocycles. The van der Waals surface area contributed by atoms with Gasteiger partial charge in [0.05, 0.1) is 12.3 Å². The van der Waals surface area contributed by atoms with Crippen LogP contribution in [0.25, 0.3) is 0 Å². The van der Waals surface area contributed by atoms with Crippen LogP contribution in [0.3, 0.4) is 0 Å². The molecule has 0 spiro atoms. The molecule has 0 saturated heterocycles. The average Bonchev–Trinajstić information content (AvgIpc) is 2.29. The smallest absolute Gasteiger partial charge is 0.324 e. The average molecular weight is 276 g/mol. The van der Waals surface area contributed by atoms with E-state index in [0.717, 1.165) is 25.7 Å². The summed E-state index contributed by atoms with van der Waals surface area (Å²) < 4.78 is 17.2. The predicted octanol–water partition coefficient (Wildman–Crippen LogP) is 4.88. The molecule has 1 aliphatic carbocycles. The van der Waals surface area contributed by atoms with Crippen LogP contribution in [0, 0.1) is 0 Å². The quantitative estimate of drug-likeness (QED) is 0.747. The normalized spacial score (nSPS) is 24.8. The standard InChI is InChI=1S/C14H29O3P/c1-2-17-18(15,16)14-12-10-8-6-4-3-5-7-9-11-13-14/h14H,2-13H2,1H3,(H,15,16). The third-order valence-corrected chi connectivity index (χ3v) is 5.92. The van der Waals surface area contributed by atoms with Crippen molar-refractivity contribution in [3.63, 3.8) is 0 Å². The molecule has 0 heterocycles. The molecule has 1 rings (SSSR count). The van der Waals surface area contributed by atoms with Gasteiger partial charge in [-0.15, -0.1) is 0 Å². The zero-order chi connectivity index (χ0) is 13.3. The molecule has 1 N–H and O–H groups in total. The lowest BCUT2D eigenvalue weighted by molar-refractivity contribution is 0.258. The van der Waals surface area contributed by atoms with Crippen LogP contribution in [0.2, 0.25) is 0 Å². The van der Waals surface area contributed by atoms with E-state index in [1.807, 2.05) is 0 Å². The van der Waals surface area contributed by atoms with E-state index in [1.165, 1.54) is 44.9 Å². The van der Waals surface area contributed by atoms with E-state index in [0.29, 0.717) is 6.61 Å². The van der Waals surface area contributed by atoms with E-state index in [2.05, 4.69) is 0 Å². The maximum absolute atomic E-state index is 12.1. The highest BCUT2D eigenvalue weighted by Gasteiger charge is 2.30. The lowest BCUT2D eigenvalue weighted by Crippen LogP contribution is -2.11. The third kappa shape index (κ3) is 6.36. The fourth-order valence-electron chi connectivity index (χ4n) is 2.76. The fraction of sp³-hybridized carbons (Fsp3) is 1.00. The van der Waals surface area contributed by atoms with Crippen molar-refractivity contribution in [3.05, 3.63) is 0 Å². The van der Waals surface area contributed by atoms with E-state index in [1.54, 1.807) is 6.92 Å². The predicted molar refractivity (Wildman–Crippen MR) is 76.0 cm³/mol. The Balaban J connectivity index is 2.48. The Morgan fingerprint density at radius 2 is 1.33 bits per heavy atom. The largest absolute Gasteiger partial charge is 0.331 e. The van der Waals surface area contributed by atoms with Crippen LogP contribution in [0.5, 0.6) is 0 Å². The van der Waals surface area contributed by atoms with Gasteiger partial charge in [0.15, 0.2) is 0 Å². The van der Waals surface area contributed by atoms with Gasteiger partial charge < -0.3 is 9.42 Å². The summed E-state index contributed by atoms with van der Waals surface area (Å²) >= 11 is 0. The first-order valence-corrected chi connectivity index (χ1v) is 9.28. The third-order valence-electron chi connectivity index (χ3n) is 3.85. The van der Waals surface area contributed by atoms with Crippen molar-refractivity contribution < 1.29 is 14.0 Å². The molecule has 1 aliphatic rings. The van der Waals surface area contributed by atoms with Crippen molar-refractivity contribution in [1.82, 2.24) is 0 Å². The summed E-state index contributed by atoms with van der Waals surface area (Å²) in [5.41, 5.74) is -0.128. The van der Waals surface area contributed by atoms with Crippen molar-refractivity contribution in [1.29, 1.82) is 0 Å². The van der Waals surface area contributed by atoms with Gasteiger partial charge in [0.1, 0.15) is 0 Å². The van der Waals surface area contributed by atoms with Crippen LogP contribution in [0.15, 0.2) is 0 Å². The molecular weight excluding hydrogens is 247 g/mol. The minimum atomic E-state index is -3.37. The van der Waals surface area contributed by atoms with Gasteiger partial charge in [-0.25, -0.2) is 0 Å². The molecule has 0 aromatic carbocycles. The van der Waals surface area contributed by atoms with Crippen molar-refractivity contribution in [2.24, 2.45) is 0 Å². The Hall–Kier alpha value is 0.150. The molecule has 1 saturated carbocycles. The molecule has 1 unspecified atom stereocenters. The van der Waals surface area contributed by atoms with Crippen molar-refractivity contribution in [3.8, 4) is 0 Å². The topological polar surface area (TPSA) is 46.5 Å². The highest BCUT2D eigenvalue weighted by atomic mass is 31.2. The maximum Gasteiger partial charge on any atom is 0.331 e. The molecule has 1 atom stereocenters. The van der Waals surface area contributed by atoms with Gasteiger partial charge >= 0.3 is 7.60 Å². The summed E-state index contributed by atoms with van der Waals surface area (Å²) in [5, 5.41) is 0. The van der Waals surface area contributed by atoms with Gasteiger partial charge in [-0.2, -0.15) is 0 Å². The minimum Gasteiger partial charge on any atom is -0.324 e. The molecule has 0 aromatic rings. The van der Waals surface area contributed by atoms with Crippen LogP contribution in [0.4, 0.5) is 0 Å². The van der Waals surface area contributed by atoms with Crippen LogP contribution in [0.1, 0.15) is 77.6 Å². The van der Waals surface area contributed by atoms with Crippen LogP contribution < -0.4 is 0 Å². The van der Waals surface area contributed by atoms with E-state index in [4.69, 9.17) is 4.52 Å². The summed E-state index contributed by atoms with van der Waals surface area (Å²) in [7, 11) is -3.37. The zero-order valence-electron chi connectivity index (χ0n) is 11.8. The molecule has 0 aliphatic heterocycles. The van der Waals surface area contributed by atoms with Crippen LogP contribution in [-0.4, -0.2) is 17.2 Å². The maximum atomic E-state index is 12.1. The molecule has 3 nitrogen and oxygen atoms in total. The molecule has 108 valence electrons. The lowest BCUT2D eigenvalue weighted by atomic mass is 10.0.